The van der Waals surface area contributed by atoms with Gasteiger partial charge < -0.3 is 10.2 Å². The zero-order chi connectivity index (χ0) is 20.2. The third-order valence-electron chi connectivity index (χ3n) is 6.49. The van der Waals surface area contributed by atoms with E-state index in [1.54, 1.807) is 0 Å². The Balaban J connectivity index is 1.31. The number of benzene rings is 1. The Hall–Kier alpha value is -2.14. The Morgan fingerprint density at radius 3 is 2.66 bits per heavy atom. The Morgan fingerprint density at radius 1 is 1.14 bits per heavy atom. The summed E-state index contributed by atoms with van der Waals surface area (Å²) in [6.07, 6.45) is 7.88. The van der Waals surface area contributed by atoms with Gasteiger partial charge in [0, 0.05) is 17.8 Å². The van der Waals surface area contributed by atoms with Crippen LogP contribution in [0.2, 0.25) is 0 Å². The SMILES string of the molecule is Cc1ccc(-n2nc(C(=O)NCCCCN3CCC(C)CC3)c3c2CCC3)cc1. The molecular weight excluding hydrogens is 360 g/mol. The van der Waals surface area contributed by atoms with Gasteiger partial charge in [-0.05, 0) is 89.6 Å². The van der Waals surface area contributed by atoms with Crippen LogP contribution in [0.1, 0.15) is 66.3 Å². The number of unbranched alkanes of at least 4 members (excludes halogenated alkanes) is 1. The molecule has 1 fully saturated rings. The quantitative estimate of drug-likeness (QED) is 0.725. The lowest BCUT2D eigenvalue weighted by molar-refractivity contribution is 0.0946. The largest absolute Gasteiger partial charge is 0.351 e. The summed E-state index contributed by atoms with van der Waals surface area (Å²) in [5.74, 6) is 0.868. The molecule has 0 unspecified atom stereocenters. The van der Waals surface area contributed by atoms with Crippen LogP contribution in [-0.2, 0) is 12.8 Å². The van der Waals surface area contributed by atoms with Crippen molar-refractivity contribution in [1.29, 1.82) is 0 Å². The minimum atomic E-state index is -0.0131. The summed E-state index contributed by atoms with van der Waals surface area (Å²) in [7, 11) is 0. The lowest BCUT2D eigenvalue weighted by Gasteiger charge is -2.30. The van der Waals surface area contributed by atoms with Gasteiger partial charge in [0.05, 0.1) is 5.69 Å². The molecule has 0 spiro atoms. The molecule has 5 heteroatoms. The number of hydrogen-bond acceptors (Lipinski definition) is 3. The fourth-order valence-corrected chi connectivity index (χ4v) is 4.55. The third-order valence-corrected chi connectivity index (χ3v) is 6.49. The molecule has 0 bridgehead atoms. The molecule has 2 aliphatic rings. The summed E-state index contributed by atoms with van der Waals surface area (Å²) in [6, 6.07) is 8.37. The topological polar surface area (TPSA) is 50.2 Å². The summed E-state index contributed by atoms with van der Waals surface area (Å²) in [4.78, 5) is 15.4. The van der Waals surface area contributed by atoms with Crippen molar-refractivity contribution in [2.45, 2.75) is 58.8 Å². The van der Waals surface area contributed by atoms with Gasteiger partial charge >= 0.3 is 0 Å². The molecular formula is C24H34N4O. The second-order valence-corrected chi connectivity index (χ2v) is 8.86. The average molecular weight is 395 g/mol. The highest BCUT2D eigenvalue weighted by Gasteiger charge is 2.26. The molecule has 29 heavy (non-hydrogen) atoms. The lowest BCUT2D eigenvalue weighted by atomic mass is 9.99. The number of aromatic nitrogens is 2. The second kappa shape index (κ2) is 9.12. The van der Waals surface area contributed by atoms with Gasteiger partial charge in [0.25, 0.3) is 5.91 Å². The zero-order valence-electron chi connectivity index (χ0n) is 17.9. The molecule has 1 saturated heterocycles. The smallest absolute Gasteiger partial charge is 0.272 e. The molecule has 2 aromatic rings. The maximum Gasteiger partial charge on any atom is 0.272 e. The fraction of sp³-hybridized carbons (Fsp3) is 0.583. The Kier molecular flexibility index (Phi) is 6.34. The summed E-state index contributed by atoms with van der Waals surface area (Å²) in [5, 5.41) is 7.82. The van der Waals surface area contributed by atoms with Gasteiger partial charge in [0.1, 0.15) is 0 Å². The number of aryl methyl sites for hydroxylation is 1. The first kappa shape index (κ1) is 20.1. The van der Waals surface area contributed by atoms with E-state index in [4.69, 9.17) is 5.10 Å². The Bertz CT molecular complexity index is 831. The van der Waals surface area contributed by atoms with Gasteiger partial charge in [-0.3, -0.25) is 4.79 Å². The summed E-state index contributed by atoms with van der Waals surface area (Å²) in [6.45, 7) is 8.78. The molecule has 156 valence electrons. The number of carbonyl (C=O) groups excluding carboxylic acids is 1. The maximum atomic E-state index is 12.8. The molecule has 1 N–H and O–H groups in total. The van der Waals surface area contributed by atoms with E-state index in [0.29, 0.717) is 5.69 Å². The van der Waals surface area contributed by atoms with E-state index in [1.165, 1.54) is 37.2 Å². The van der Waals surface area contributed by atoms with Crippen molar-refractivity contribution >= 4 is 5.91 Å². The highest BCUT2D eigenvalue weighted by atomic mass is 16.1. The Morgan fingerprint density at radius 2 is 1.90 bits per heavy atom. The van der Waals surface area contributed by atoms with Crippen molar-refractivity contribution in [1.82, 2.24) is 20.0 Å². The molecule has 5 nitrogen and oxygen atoms in total. The van der Waals surface area contributed by atoms with E-state index in [9.17, 15) is 4.79 Å². The van der Waals surface area contributed by atoms with Crippen molar-refractivity contribution in [3.05, 3.63) is 46.8 Å². The van der Waals surface area contributed by atoms with Crippen LogP contribution in [-0.4, -0.2) is 46.8 Å². The highest BCUT2D eigenvalue weighted by molar-refractivity contribution is 5.94. The van der Waals surface area contributed by atoms with Gasteiger partial charge in [-0.1, -0.05) is 24.6 Å². The van der Waals surface area contributed by atoms with Gasteiger partial charge in [-0.25, -0.2) is 4.68 Å². The van der Waals surface area contributed by atoms with E-state index in [2.05, 4.69) is 48.3 Å². The monoisotopic (exact) mass is 394 g/mol. The number of amides is 1. The fourth-order valence-electron chi connectivity index (χ4n) is 4.55. The van der Waals surface area contributed by atoms with Crippen LogP contribution in [0.15, 0.2) is 24.3 Å². The zero-order valence-corrected chi connectivity index (χ0v) is 17.9. The second-order valence-electron chi connectivity index (χ2n) is 8.86. The van der Waals surface area contributed by atoms with Crippen LogP contribution in [0, 0.1) is 12.8 Å². The predicted molar refractivity (Wildman–Crippen MR) is 117 cm³/mol. The van der Waals surface area contributed by atoms with Crippen molar-refractivity contribution in [2.75, 3.05) is 26.2 Å². The number of fused-ring (bicyclic) bond motifs is 1. The summed E-state index contributed by atoms with van der Waals surface area (Å²) >= 11 is 0. The van der Waals surface area contributed by atoms with E-state index in [-0.39, 0.29) is 5.91 Å². The highest BCUT2D eigenvalue weighted by Crippen LogP contribution is 2.28. The van der Waals surface area contributed by atoms with Crippen molar-refractivity contribution in [2.24, 2.45) is 5.92 Å². The number of piperidine rings is 1. The van der Waals surface area contributed by atoms with Crippen LogP contribution in [0.4, 0.5) is 0 Å². The van der Waals surface area contributed by atoms with E-state index >= 15 is 0 Å². The van der Waals surface area contributed by atoms with Crippen LogP contribution >= 0.6 is 0 Å². The number of rotatable bonds is 7. The van der Waals surface area contributed by atoms with Gasteiger partial charge in [-0.2, -0.15) is 5.10 Å². The van der Waals surface area contributed by atoms with E-state index in [0.717, 1.165) is 62.4 Å². The van der Waals surface area contributed by atoms with E-state index < -0.39 is 0 Å². The summed E-state index contributed by atoms with van der Waals surface area (Å²) < 4.78 is 1.98. The molecule has 4 rings (SSSR count). The van der Waals surface area contributed by atoms with Crippen LogP contribution in [0.3, 0.4) is 0 Å². The standard InChI is InChI=1S/C24H34N4O/c1-18-8-10-20(11-9-18)28-22-7-5-6-21(22)23(26-28)24(29)25-14-3-4-15-27-16-12-19(2)13-17-27/h8-11,19H,3-7,12-17H2,1-2H3,(H,25,29). The van der Waals surface area contributed by atoms with Gasteiger partial charge in [0.15, 0.2) is 5.69 Å². The average Bonchev–Trinajstić information content (AvgIpc) is 3.32. The van der Waals surface area contributed by atoms with Crippen molar-refractivity contribution < 1.29 is 4.79 Å². The molecule has 1 aliphatic heterocycles. The van der Waals surface area contributed by atoms with Crippen LogP contribution in [0.5, 0.6) is 0 Å². The number of carbonyl (C=O) groups is 1. The molecule has 0 saturated carbocycles. The summed E-state index contributed by atoms with van der Waals surface area (Å²) in [5.41, 5.74) is 5.25. The van der Waals surface area contributed by atoms with Gasteiger partial charge in [0.2, 0.25) is 0 Å². The number of likely N-dealkylation sites (tertiary alicyclic amines) is 1. The number of hydrogen-bond donors (Lipinski definition) is 1. The first-order valence-corrected chi connectivity index (χ1v) is 11.3. The normalized spacial score (nSPS) is 17.4. The predicted octanol–water partition coefficient (Wildman–Crippen LogP) is 3.91. The molecule has 1 aromatic heterocycles. The van der Waals surface area contributed by atoms with Gasteiger partial charge in [-0.15, -0.1) is 0 Å². The first-order valence-electron chi connectivity index (χ1n) is 11.3. The third kappa shape index (κ3) is 4.72. The lowest BCUT2D eigenvalue weighted by Crippen LogP contribution is -2.34. The number of nitrogens with one attached hydrogen (secondary N) is 1. The molecule has 1 amide bonds. The van der Waals surface area contributed by atoms with Crippen LogP contribution in [0.25, 0.3) is 5.69 Å². The molecule has 1 aliphatic carbocycles. The molecule has 0 atom stereocenters. The number of nitrogens with zero attached hydrogens (tertiary/aromatic N) is 3. The van der Waals surface area contributed by atoms with Crippen molar-refractivity contribution in [3.63, 3.8) is 0 Å². The maximum absolute atomic E-state index is 12.8. The minimum Gasteiger partial charge on any atom is -0.351 e. The molecule has 0 radical (unpaired) electrons. The molecule has 2 heterocycles. The Labute approximate surface area is 174 Å². The first-order chi connectivity index (χ1) is 14.1. The van der Waals surface area contributed by atoms with Crippen molar-refractivity contribution in [3.8, 4) is 5.69 Å². The molecule has 1 aromatic carbocycles. The minimum absolute atomic E-state index is 0.0131. The van der Waals surface area contributed by atoms with Crippen LogP contribution < -0.4 is 5.32 Å². The van der Waals surface area contributed by atoms with E-state index in [1.807, 2.05) is 4.68 Å².